The van der Waals surface area contributed by atoms with Crippen LogP contribution in [0.5, 0.6) is 0 Å². The van der Waals surface area contributed by atoms with Gasteiger partial charge >= 0.3 is 0 Å². The molecule has 0 aliphatic heterocycles. The van der Waals surface area contributed by atoms with Crippen LogP contribution in [0.2, 0.25) is 10.2 Å². The van der Waals surface area contributed by atoms with E-state index in [-0.39, 0.29) is 11.7 Å². The number of aromatic nitrogens is 2. The third-order valence-corrected chi connectivity index (χ3v) is 4.48. The summed E-state index contributed by atoms with van der Waals surface area (Å²) < 4.78 is 14.9. The summed E-state index contributed by atoms with van der Waals surface area (Å²) in [5.74, 6) is -0.236. The Morgan fingerprint density at radius 3 is 2.48 bits per heavy atom. The van der Waals surface area contributed by atoms with E-state index in [9.17, 15) is 9.18 Å². The van der Waals surface area contributed by atoms with Crippen LogP contribution in [0.1, 0.15) is 30.9 Å². The fourth-order valence-corrected chi connectivity index (χ4v) is 3.47. The summed E-state index contributed by atoms with van der Waals surface area (Å²) in [7, 11) is 0. The Labute approximate surface area is 154 Å². The number of benzene rings is 1. The molecular weight excluding hydrogens is 362 g/mol. The topological polar surface area (TPSA) is 34.4 Å². The monoisotopic (exact) mass is 376 g/mol. The quantitative estimate of drug-likeness (QED) is 0.427. The largest absolute Gasteiger partial charge is 0.299 e. The van der Waals surface area contributed by atoms with Crippen LogP contribution in [0.3, 0.4) is 0 Å². The molecule has 0 aliphatic carbocycles. The first kappa shape index (κ1) is 17.6. The van der Waals surface area contributed by atoms with Crippen molar-refractivity contribution in [3.05, 3.63) is 63.5 Å². The molecule has 2 heterocycles. The normalized spacial score (nSPS) is 11.8. The van der Waals surface area contributed by atoms with Crippen LogP contribution in [-0.2, 0) is 4.79 Å². The van der Waals surface area contributed by atoms with Crippen LogP contribution >= 0.6 is 23.2 Å². The lowest BCUT2D eigenvalue weighted by atomic mass is 9.93. The Kier molecular flexibility index (Phi) is 4.93. The van der Waals surface area contributed by atoms with Gasteiger partial charge in [-0.15, -0.1) is 0 Å². The van der Waals surface area contributed by atoms with Crippen LogP contribution in [0.4, 0.5) is 4.39 Å². The van der Waals surface area contributed by atoms with Crippen molar-refractivity contribution in [3.63, 3.8) is 0 Å². The van der Waals surface area contributed by atoms with Gasteiger partial charge in [0, 0.05) is 11.1 Å². The van der Waals surface area contributed by atoms with Crippen molar-refractivity contribution >= 4 is 41.1 Å². The van der Waals surface area contributed by atoms with Crippen molar-refractivity contribution < 1.29 is 9.18 Å². The summed E-state index contributed by atoms with van der Waals surface area (Å²) in [5.41, 5.74) is 3.71. The maximum absolute atomic E-state index is 13.3. The number of carbonyl (C=O) groups excluding carboxylic acids is 1. The predicted octanol–water partition coefficient (Wildman–Crippen LogP) is 5.78. The third-order valence-electron chi connectivity index (χ3n) is 3.92. The van der Waals surface area contributed by atoms with Gasteiger partial charge in [-0.1, -0.05) is 37.0 Å². The van der Waals surface area contributed by atoms with Gasteiger partial charge in [0.1, 0.15) is 17.3 Å². The Hall–Kier alpha value is -2.17. The Morgan fingerprint density at radius 1 is 1.20 bits per heavy atom. The molecule has 0 atom stereocenters. The summed E-state index contributed by atoms with van der Waals surface area (Å²) in [5, 5.41) is 5.48. The SMILES string of the molecule is CC(C)c1c(C=CC=O)c(-c2ccc(F)cc2)nn2c(Cl)cc(Cl)c12. The lowest BCUT2D eigenvalue weighted by molar-refractivity contribution is -0.104. The number of halogens is 3. The van der Waals surface area contributed by atoms with Crippen LogP contribution < -0.4 is 0 Å². The van der Waals surface area contributed by atoms with E-state index in [4.69, 9.17) is 23.2 Å². The molecule has 3 rings (SSSR count). The standard InChI is InChI=1S/C19H15Cl2FN2O/c1-11(2)17-14(4-3-9-25)18(12-5-7-13(22)8-6-12)23-24-16(21)10-15(20)19(17)24/h3-11H,1-2H3. The number of nitrogens with zero attached hydrogens (tertiary/aromatic N) is 2. The summed E-state index contributed by atoms with van der Waals surface area (Å²) in [6.07, 6.45) is 3.81. The van der Waals surface area contributed by atoms with Crippen molar-refractivity contribution in [3.8, 4) is 11.3 Å². The van der Waals surface area contributed by atoms with Gasteiger partial charge in [-0.2, -0.15) is 5.10 Å². The maximum Gasteiger partial charge on any atom is 0.142 e. The zero-order chi connectivity index (χ0) is 18.1. The van der Waals surface area contributed by atoms with Crippen molar-refractivity contribution in [2.75, 3.05) is 0 Å². The molecule has 0 radical (unpaired) electrons. The smallest absolute Gasteiger partial charge is 0.142 e. The zero-order valence-corrected chi connectivity index (χ0v) is 15.1. The highest BCUT2D eigenvalue weighted by Gasteiger charge is 2.21. The second-order valence-corrected chi connectivity index (χ2v) is 6.70. The van der Waals surface area contributed by atoms with Crippen LogP contribution in [-0.4, -0.2) is 15.9 Å². The Bertz CT molecular complexity index is 975. The van der Waals surface area contributed by atoms with Crippen LogP contribution in [0.15, 0.2) is 36.4 Å². The summed E-state index contributed by atoms with van der Waals surface area (Å²) in [6, 6.07) is 7.66. The first-order chi connectivity index (χ1) is 11.9. The minimum Gasteiger partial charge on any atom is -0.299 e. The molecule has 6 heteroatoms. The van der Waals surface area contributed by atoms with Crippen molar-refractivity contribution in [1.82, 2.24) is 9.61 Å². The van der Waals surface area contributed by atoms with Crippen molar-refractivity contribution in [2.24, 2.45) is 0 Å². The molecule has 0 unspecified atom stereocenters. The molecule has 128 valence electrons. The molecule has 2 aromatic heterocycles. The summed E-state index contributed by atoms with van der Waals surface area (Å²) in [6.45, 7) is 4.05. The van der Waals surface area contributed by atoms with Gasteiger partial charge in [0.15, 0.2) is 0 Å². The molecule has 0 aliphatic rings. The highest BCUT2D eigenvalue weighted by Crippen LogP contribution is 2.38. The predicted molar refractivity (Wildman–Crippen MR) is 99.8 cm³/mol. The summed E-state index contributed by atoms with van der Waals surface area (Å²) in [4.78, 5) is 10.9. The maximum atomic E-state index is 13.3. The molecule has 0 amide bonds. The van der Waals surface area contributed by atoms with Gasteiger partial charge in [0.25, 0.3) is 0 Å². The molecule has 25 heavy (non-hydrogen) atoms. The van der Waals surface area contributed by atoms with Crippen LogP contribution in [0.25, 0.3) is 22.9 Å². The minimum absolute atomic E-state index is 0.0967. The molecule has 0 fully saturated rings. The second kappa shape index (κ2) is 6.98. The number of carbonyl (C=O) groups is 1. The van der Waals surface area contributed by atoms with E-state index in [1.165, 1.54) is 18.2 Å². The molecular formula is C19H15Cl2FN2O. The summed E-state index contributed by atoms with van der Waals surface area (Å²) >= 11 is 12.6. The van der Waals surface area contributed by atoms with E-state index in [0.717, 1.165) is 16.7 Å². The van der Waals surface area contributed by atoms with Gasteiger partial charge in [0.05, 0.1) is 16.2 Å². The number of fused-ring (bicyclic) bond motifs is 1. The molecule has 0 saturated carbocycles. The van der Waals surface area contributed by atoms with Crippen LogP contribution in [0, 0.1) is 5.82 Å². The fourth-order valence-electron chi connectivity index (χ4n) is 2.90. The van der Waals surface area contributed by atoms with Gasteiger partial charge < -0.3 is 0 Å². The van der Waals surface area contributed by atoms with Gasteiger partial charge in [-0.25, -0.2) is 8.91 Å². The lowest BCUT2D eigenvalue weighted by Crippen LogP contribution is -2.05. The molecule has 0 saturated heterocycles. The number of hydrogen-bond acceptors (Lipinski definition) is 2. The number of allylic oxidation sites excluding steroid dienone is 1. The highest BCUT2D eigenvalue weighted by atomic mass is 35.5. The lowest BCUT2D eigenvalue weighted by Gasteiger charge is -2.17. The molecule has 3 nitrogen and oxygen atoms in total. The minimum atomic E-state index is -0.332. The molecule has 0 spiro atoms. The van der Waals surface area contributed by atoms with E-state index < -0.39 is 0 Å². The fraction of sp³-hybridized carbons (Fsp3) is 0.158. The first-order valence-electron chi connectivity index (χ1n) is 7.72. The number of rotatable bonds is 4. The second-order valence-electron chi connectivity index (χ2n) is 5.91. The van der Waals surface area contributed by atoms with Crippen molar-refractivity contribution in [1.29, 1.82) is 0 Å². The molecule has 0 N–H and O–H groups in total. The zero-order valence-electron chi connectivity index (χ0n) is 13.6. The number of hydrogen-bond donors (Lipinski definition) is 0. The first-order valence-corrected chi connectivity index (χ1v) is 8.48. The average Bonchev–Trinajstić information content (AvgIpc) is 2.86. The molecule has 3 aromatic rings. The average molecular weight is 377 g/mol. The Balaban J connectivity index is 2.45. The third kappa shape index (κ3) is 3.20. The van der Waals surface area contributed by atoms with E-state index in [1.54, 1.807) is 28.8 Å². The van der Waals surface area contributed by atoms with E-state index in [2.05, 4.69) is 5.10 Å². The number of aldehydes is 1. The van der Waals surface area contributed by atoms with E-state index in [1.807, 2.05) is 13.8 Å². The van der Waals surface area contributed by atoms with Gasteiger partial charge in [-0.05, 0) is 54.0 Å². The highest BCUT2D eigenvalue weighted by molar-refractivity contribution is 6.37. The van der Waals surface area contributed by atoms with E-state index in [0.29, 0.717) is 27.7 Å². The van der Waals surface area contributed by atoms with Crippen molar-refractivity contribution in [2.45, 2.75) is 19.8 Å². The Morgan fingerprint density at radius 2 is 1.88 bits per heavy atom. The molecule has 0 bridgehead atoms. The van der Waals surface area contributed by atoms with Gasteiger partial charge in [0.2, 0.25) is 0 Å². The van der Waals surface area contributed by atoms with Gasteiger partial charge in [-0.3, -0.25) is 4.79 Å². The molecule has 1 aromatic carbocycles. The van der Waals surface area contributed by atoms with E-state index >= 15 is 0 Å².